The summed E-state index contributed by atoms with van der Waals surface area (Å²) in [6.07, 6.45) is 5.82. The highest BCUT2D eigenvalue weighted by molar-refractivity contribution is 7.84. The minimum atomic E-state index is -3.65. The number of phenols is 1. The third-order valence-electron chi connectivity index (χ3n) is 7.31. The summed E-state index contributed by atoms with van der Waals surface area (Å²) in [7, 11) is -0.603. The highest BCUT2D eigenvalue weighted by Gasteiger charge is 2.56. The Balaban J connectivity index is 1.60. The van der Waals surface area contributed by atoms with Gasteiger partial charge in [0.25, 0.3) is 0 Å². The minimum Gasteiger partial charge on any atom is -0.508 e. The molecule has 26 heavy (non-hydrogen) atoms. The van der Waals surface area contributed by atoms with Gasteiger partial charge in [0.15, 0.2) is 0 Å². The van der Waals surface area contributed by atoms with Crippen molar-refractivity contribution in [2.45, 2.75) is 57.5 Å². The van der Waals surface area contributed by atoms with E-state index in [-0.39, 0.29) is 11.5 Å². The van der Waals surface area contributed by atoms with Crippen LogP contribution in [0, 0.1) is 17.3 Å². The summed E-state index contributed by atoms with van der Waals surface area (Å²) in [5, 5.41) is 9.79. The Morgan fingerprint density at radius 3 is 2.69 bits per heavy atom. The first-order valence-corrected chi connectivity index (χ1v) is 11.0. The number of aryl methyl sites for hydroxylation is 1. The average molecular weight is 380 g/mol. The van der Waals surface area contributed by atoms with Gasteiger partial charge in [0.2, 0.25) is 0 Å². The Kier molecular flexibility index (Phi) is 4.36. The molecule has 5 nitrogen and oxygen atoms in total. The lowest BCUT2D eigenvalue weighted by Crippen LogP contribution is -2.46. The molecule has 3 aliphatic carbocycles. The SMILES string of the molecule is CN(C)S(=O)(=O)OC1CCC2C3CCc4cc(O)ccc4C3CCC12C. The second-order valence-corrected chi connectivity index (χ2v) is 10.5. The van der Waals surface area contributed by atoms with Gasteiger partial charge in [0, 0.05) is 14.1 Å². The van der Waals surface area contributed by atoms with Gasteiger partial charge in [-0.2, -0.15) is 12.7 Å². The molecule has 3 aliphatic rings. The summed E-state index contributed by atoms with van der Waals surface area (Å²) in [4.78, 5) is 0. The highest BCUT2D eigenvalue weighted by Crippen LogP contribution is 2.61. The second kappa shape index (κ2) is 6.21. The van der Waals surface area contributed by atoms with Gasteiger partial charge < -0.3 is 5.11 Å². The predicted molar refractivity (Wildman–Crippen MR) is 100 cm³/mol. The lowest BCUT2D eigenvalue weighted by atomic mass is 9.55. The molecular weight excluding hydrogens is 350 g/mol. The molecule has 0 aliphatic heterocycles. The van der Waals surface area contributed by atoms with E-state index in [0.29, 0.717) is 23.5 Å². The molecule has 0 bridgehead atoms. The molecule has 4 rings (SSSR count). The van der Waals surface area contributed by atoms with Crippen molar-refractivity contribution in [2.75, 3.05) is 14.1 Å². The van der Waals surface area contributed by atoms with Crippen molar-refractivity contribution in [3.05, 3.63) is 29.3 Å². The Hall–Kier alpha value is -1.11. The van der Waals surface area contributed by atoms with E-state index >= 15 is 0 Å². The standard InChI is InChI=1S/C20H29NO4S/c1-20-11-10-16-15-7-5-14(22)12-13(15)4-6-17(16)18(20)8-9-19(20)25-26(23,24)21(2)3/h5,7,12,16-19,22H,4,6,8-11H2,1-3H3. The maximum Gasteiger partial charge on any atom is 0.338 e. The molecule has 0 amide bonds. The fraction of sp³-hybridized carbons (Fsp3) is 0.700. The molecule has 2 saturated carbocycles. The van der Waals surface area contributed by atoms with Crippen molar-refractivity contribution < 1.29 is 17.7 Å². The summed E-state index contributed by atoms with van der Waals surface area (Å²) >= 11 is 0. The third kappa shape index (κ3) is 2.77. The zero-order valence-corrected chi connectivity index (χ0v) is 16.6. The first kappa shape index (κ1) is 18.3. The van der Waals surface area contributed by atoms with Crippen LogP contribution in [0.25, 0.3) is 0 Å². The molecule has 2 fully saturated rings. The predicted octanol–water partition coefficient (Wildman–Crippen LogP) is 3.44. The molecule has 1 aromatic carbocycles. The lowest BCUT2D eigenvalue weighted by molar-refractivity contribution is -0.0103. The van der Waals surface area contributed by atoms with Crippen LogP contribution in [0.2, 0.25) is 0 Å². The number of benzene rings is 1. The van der Waals surface area contributed by atoms with E-state index in [1.807, 2.05) is 6.07 Å². The van der Waals surface area contributed by atoms with E-state index in [1.54, 1.807) is 6.07 Å². The van der Waals surface area contributed by atoms with Crippen LogP contribution in [-0.2, 0) is 20.9 Å². The Bertz CT molecular complexity index is 806. The zero-order valence-electron chi connectivity index (χ0n) is 15.8. The Labute approximate surface area is 156 Å². The zero-order chi connectivity index (χ0) is 18.7. The van der Waals surface area contributed by atoms with E-state index in [0.717, 1.165) is 38.5 Å². The smallest absolute Gasteiger partial charge is 0.338 e. The van der Waals surface area contributed by atoms with Crippen LogP contribution in [0.15, 0.2) is 18.2 Å². The monoisotopic (exact) mass is 379 g/mol. The van der Waals surface area contributed by atoms with Crippen molar-refractivity contribution in [3.8, 4) is 5.75 Å². The van der Waals surface area contributed by atoms with Gasteiger partial charge in [-0.3, -0.25) is 4.18 Å². The molecule has 6 heteroatoms. The molecule has 1 N–H and O–H groups in total. The van der Waals surface area contributed by atoms with Crippen LogP contribution < -0.4 is 0 Å². The number of fused-ring (bicyclic) bond motifs is 5. The van der Waals surface area contributed by atoms with E-state index < -0.39 is 10.3 Å². The van der Waals surface area contributed by atoms with Gasteiger partial charge in [-0.1, -0.05) is 13.0 Å². The topological polar surface area (TPSA) is 66.8 Å². The average Bonchev–Trinajstić information content (AvgIpc) is 2.90. The summed E-state index contributed by atoms with van der Waals surface area (Å²) < 4.78 is 31.4. The first-order valence-electron chi connectivity index (χ1n) is 9.65. The third-order valence-corrected chi connectivity index (χ3v) is 8.68. The van der Waals surface area contributed by atoms with E-state index in [9.17, 15) is 13.5 Å². The fourth-order valence-corrected chi connectivity index (χ4v) is 6.69. The normalized spacial score (nSPS) is 36.5. The Morgan fingerprint density at radius 2 is 1.96 bits per heavy atom. The van der Waals surface area contributed by atoms with E-state index in [2.05, 4.69) is 13.0 Å². The van der Waals surface area contributed by atoms with Gasteiger partial charge in [0.1, 0.15) is 5.75 Å². The largest absolute Gasteiger partial charge is 0.508 e. The Morgan fingerprint density at radius 1 is 1.19 bits per heavy atom. The van der Waals surface area contributed by atoms with E-state index in [4.69, 9.17) is 4.18 Å². The number of hydrogen-bond acceptors (Lipinski definition) is 4. The van der Waals surface area contributed by atoms with Crippen LogP contribution in [0.5, 0.6) is 5.75 Å². The maximum atomic E-state index is 12.3. The summed E-state index contributed by atoms with van der Waals surface area (Å²) in [6.45, 7) is 2.24. The minimum absolute atomic E-state index is 0.0708. The number of aromatic hydroxyl groups is 1. The van der Waals surface area contributed by atoms with Crippen LogP contribution in [0.1, 0.15) is 56.1 Å². The molecule has 0 heterocycles. The van der Waals surface area contributed by atoms with Crippen molar-refractivity contribution in [2.24, 2.45) is 17.3 Å². The number of rotatable bonds is 3. The first-order chi connectivity index (χ1) is 12.2. The van der Waals surface area contributed by atoms with Crippen molar-refractivity contribution >= 4 is 10.3 Å². The molecule has 0 saturated heterocycles. The molecular formula is C20H29NO4S. The van der Waals surface area contributed by atoms with E-state index in [1.165, 1.54) is 29.5 Å². The van der Waals surface area contributed by atoms with Crippen LogP contribution in [-0.4, -0.2) is 38.0 Å². The van der Waals surface area contributed by atoms with Gasteiger partial charge >= 0.3 is 10.3 Å². The summed E-state index contributed by atoms with van der Waals surface area (Å²) in [5.74, 6) is 1.97. The summed E-state index contributed by atoms with van der Waals surface area (Å²) in [6, 6.07) is 5.83. The molecule has 1 aromatic rings. The number of nitrogens with zero attached hydrogens (tertiary/aromatic N) is 1. The van der Waals surface area contributed by atoms with Gasteiger partial charge in [-0.15, -0.1) is 0 Å². The van der Waals surface area contributed by atoms with Crippen LogP contribution in [0.4, 0.5) is 0 Å². The lowest BCUT2D eigenvalue weighted by Gasteiger charge is -2.50. The number of phenolic OH excluding ortho intramolecular Hbond substituents is 1. The van der Waals surface area contributed by atoms with Gasteiger partial charge in [-0.05, 0) is 85.0 Å². The highest BCUT2D eigenvalue weighted by atomic mass is 32.2. The second-order valence-electron chi connectivity index (χ2n) is 8.75. The quantitative estimate of drug-likeness (QED) is 0.874. The molecule has 5 atom stereocenters. The number of hydrogen-bond donors (Lipinski definition) is 1. The molecule has 0 spiro atoms. The molecule has 0 radical (unpaired) electrons. The van der Waals surface area contributed by atoms with Gasteiger partial charge in [0.05, 0.1) is 6.10 Å². The van der Waals surface area contributed by atoms with Crippen molar-refractivity contribution in [3.63, 3.8) is 0 Å². The molecule has 144 valence electrons. The van der Waals surface area contributed by atoms with Crippen molar-refractivity contribution in [1.82, 2.24) is 4.31 Å². The molecule has 5 unspecified atom stereocenters. The fourth-order valence-electron chi connectivity index (χ4n) is 5.91. The molecule has 0 aromatic heterocycles. The van der Waals surface area contributed by atoms with Crippen LogP contribution in [0.3, 0.4) is 0 Å². The summed E-state index contributed by atoms with van der Waals surface area (Å²) in [5.41, 5.74) is 2.61. The van der Waals surface area contributed by atoms with Gasteiger partial charge in [-0.25, -0.2) is 0 Å². The maximum absolute atomic E-state index is 12.3. The van der Waals surface area contributed by atoms with Crippen molar-refractivity contribution in [1.29, 1.82) is 0 Å². The van der Waals surface area contributed by atoms with Crippen LogP contribution >= 0.6 is 0 Å².